The van der Waals surface area contributed by atoms with E-state index in [2.05, 4.69) is 5.32 Å². The Bertz CT molecular complexity index is 535. The number of carbonyl (C=O) groups is 1. The smallest absolute Gasteiger partial charge is 0.279 e. The van der Waals surface area contributed by atoms with Crippen molar-refractivity contribution in [2.45, 2.75) is 13.0 Å². The molecule has 20 heavy (non-hydrogen) atoms. The standard InChI is InChI=1S/C15H18N2O3/c1-11(14-4-3-9-20-14)16-10-15(18)17-12-5-7-13(19-2)8-6-12/h3-9,11,16H,10H2,1-2H3,(H,17,18)/p+1/t11-/m0/s1. The molecule has 0 radical (unpaired) electrons. The van der Waals surface area contributed by atoms with Crippen LogP contribution in [-0.2, 0) is 4.79 Å². The monoisotopic (exact) mass is 275 g/mol. The van der Waals surface area contributed by atoms with Crippen LogP contribution in [0.4, 0.5) is 5.69 Å². The summed E-state index contributed by atoms with van der Waals surface area (Å²) < 4.78 is 10.4. The molecule has 1 aromatic carbocycles. The highest BCUT2D eigenvalue weighted by molar-refractivity contribution is 5.91. The molecule has 0 saturated carbocycles. The summed E-state index contributed by atoms with van der Waals surface area (Å²) in [5.41, 5.74) is 0.759. The summed E-state index contributed by atoms with van der Waals surface area (Å²) in [6, 6.07) is 11.1. The predicted octanol–water partition coefficient (Wildman–Crippen LogP) is 1.55. The average Bonchev–Trinajstić information content (AvgIpc) is 3.00. The molecule has 0 spiro atoms. The first kappa shape index (κ1) is 14.1. The Kier molecular flexibility index (Phi) is 4.79. The number of ether oxygens (including phenoxy) is 1. The van der Waals surface area contributed by atoms with E-state index in [0.29, 0.717) is 6.54 Å². The van der Waals surface area contributed by atoms with Crippen molar-refractivity contribution < 1.29 is 19.3 Å². The minimum absolute atomic E-state index is 0.0476. The van der Waals surface area contributed by atoms with Gasteiger partial charge in [-0.1, -0.05) is 0 Å². The number of nitrogens with one attached hydrogen (secondary N) is 1. The molecular formula is C15H19N2O3+. The van der Waals surface area contributed by atoms with Crippen molar-refractivity contribution >= 4 is 11.6 Å². The van der Waals surface area contributed by atoms with Gasteiger partial charge in [0.1, 0.15) is 11.8 Å². The zero-order chi connectivity index (χ0) is 14.4. The van der Waals surface area contributed by atoms with E-state index in [0.717, 1.165) is 17.2 Å². The number of quaternary nitrogens is 1. The van der Waals surface area contributed by atoms with E-state index in [-0.39, 0.29) is 11.9 Å². The molecule has 106 valence electrons. The van der Waals surface area contributed by atoms with Gasteiger partial charge in [-0.3, -0.25) is 4.79 Å². The molecule has 1 heterocycles. The number of methoxy groups -OCH3 is 1. The first-order chi connectivity index (χ1) is 9.69. The topological polar surface area (TPSA) is 68.1 Å². The fourth-order valence-corrected chi connectivity index (χ4v) is 1.84. The number of amides is 1. The number of anilines is 1. The van der Waals surface area contributed by atoms with Crippen molar-refractivity contribution in [2.24, 2.45) is 0 Å². The molecule has 1 atom stereocenters. The normalized spacial score (nSPS) is 11.9. The van der Waals surface area contributed by atoms with E-state index in [1.807, 2.05) is 48.6 Å². The Labute approximate surface area is 117 Å². The predicted molar refractivity (Wildman–Crippen MR) is 75.5 cm³/mol. The second-order valence-corrected chi connectivity index (χ2v) is 4.52. The largest absolute Gasteiger partial charge is 0.497 e. The Morgan fingerprint density at radius 2 is 2.10 bits per heavy atom. The number of nitrogens with two attached hydrogens (primary N) is 1. The van der Waals surface area contributed by atoms with E-state index in [1.165, 1.54) is 0 Å². The molecule has 1 amide bonds. The van der Waals surface area contributed by atoms with Gasteiger partial charge in [0.05, 0.1) is 13.4 Å². The van der Waals surface area contributed by atoms with Gasteiger partial charge in [-0.05, 0) is 43.3 Å². The van der Waals surface area contributed by atoms with Crippen LogP contribution in [0.3, 0.4) is 0 Å². The summed E-state index contributed by atoms with van der Waals surface area (Å²) in [7, 11) is 1.61. The Balaban J connectivity index is 1.80. The summed E-state index contributed by atoms with van der Waals surface area (Å²) in [5.74, 6) is 1.58. The molecule has 0 fully saturated rings. The minimum Gasteiger partial charge on any atom is -0.497 e. The van der Waals surface area contributed by atoms with Crippen LogP contribution >= 0.6 is 0 Å². The highest BCUT2D eigenvalue weighted by atomic mass is 16.5. The van der Waals surface area contributed by atoms with Crippen LogP contribution in [0.5, 0.6) is 5.75 Å². The second kappa shape index (κ2) is 6.77. The van der Waals surface area contributed by atoms with Gasteiger partial charge < -0.3 is 19.8 Å². The molecule has 2 aromatic rings. The van der Waals surface area contributed by atoms with Gasteiger partial charge in [-0.15, -0.1) is 0 Å². The molecule has 0 aliphatic heterocycles. The van der Waals surface area contributed by atoms with Crippen molar-refractivity contribution in [3.8, 4) is 5.75 Å². The molecule has 2 rings (SSSR count). The van der Waals surface area contributed by atoms with Gasteiger partial charge in [-0.2, -0.15) is 0 Å². The lowest BCUT2D eigenvalue weighted by molar-refractivity contribution is -0.684. The molecule has 5 heteroatoms. The highest BCUT2D eigenvalue weighted by Crippen LogP contribution is 2.14. The number of hydrogen-bond donors (Lipinski definition) is 2. The molecule has 0 aliphatic rings. The fraction of sp³-hybridized carbons (Fsp3) is 0.267. The first-order valence-corrected chi connectivity index (χ1v) is 6.49. The van der Waals surface area contributed by atoms with E-state index < -0.39 is 0 Å². The van der Waals surface area contributed by atoms with Crippen LogP contribution in [0, 0.1) is 0 Å². The number of rotatable bonds is 6. The lowest BCUT2D eigenvalue weighted by Gasteiger charge is -2.09. The van der Waals surface area contributed by atoms with Gasteiger partial charge in [0.25, 0.3) is 5.91 Å². The average molecular weight is 275 g/mol. The maximum atomic E-state index is 11.8. The third-order valence-electron chi connectivity index (χ3n) is 3.02. The fourth-order valence-electron chi connectivity index (χ4n) is 1.84. The van der Waals surface area contributed by atoms with Crippen LogP contribution in [0.15, 0.2) is 47.1 Å². The van der Waals surface area contributed by atoms with Crippen LogP contribution in [0.1, 0.15) is 18.7 Å². The second-order valence-electron chi connectivity index (χ2n) is 4.52. The SMILES string of the molecule is COc1ccc(NC(=O)C[NH2+][C@@H](C)c2ccco2)cc1. The molecule has 0 aliphatic carbocycles. The Morgan fingerprint density at radius 1 is 1.35 bits per heavy atom. The lowest BCUT2D eigenvalue weighted by Crippen LogP contribution is -2.86. The van der Waals surface area contributed by atoms with E-state index >= 15 is 0 Å². The summed E-state index contributed by atoms with van der Waals surface area (Å²) in [5, 5.41) is 4.77. The molecular weight excluding hydrogens is 256 g/mol. The zero-order valence-electron chi connectivity index (χ0n) is 11.6. The molecule has 0 bridgehead atoms. The number of furan rings is 1. The first-order valence-electron chi connectivity index (χ1n) is 6.49. The van der Waals surface area contributed by atoms with E-state index in [1.54, 1.807) is 13.4 Å². The van der Waals surface area contributed by atoms with Crippen molar-refractivity contribution in [2.75, 3.05) is 19.0 Å². The highest BCUT2D eigenvalue weighted by Gasteiger charge is 2.13. The van der Waals surface area contributed by atoms with Crippen LogP contribution in [0.2, 0.25) is 0 Å². The maximum absolute atomic E-state index is 11.8. The van der Waals surface area contributed by atoms with Crippen molar-refractivity contribution in [1.29, 1.82) is 0 Å². The van der Waals surface area contributed by atoms with E-state index in [4.69, 9.17) is 9.15 Å². The third kappa shape index (κ3) is 3.86. The summed E-state index contributed by atoms with van der Waals surface area (Å²) in [4.78, 5) is 11.8. The van der Waals surface area contributed by atoms with Gasteiger partial charge in [0.2, 0.25) is 0 Å². The van der Waals surface area contributed by atoms with Gasteiger partial charge in [0.15, 0.2) is 12.3 Å². The summed E-state index contributed by atoms with van der Waals surface area (Å²) in [6.07, 6.45) is 1.64. The van der Waals surface area contributed by atoms with Gasteiger partial charge >= 0.3 is 0 Å². The number of benzene rings is 1. The minimum atomic E-state index is -0.0476. The molecule has 0 unspecified atom stereocenters. The molecule has 0 saturated heterocycles. The Hall–Kier alpha value is -2.27. The molecule has 1 aromatic heterocycles. The van der Waals surface area contributed by atoms with Crippen molar-refractivity contribution in [3.05, 3.63) is 48.4 Å². The van der Waals surface area contributed by atoms with Crippen LogP contribution < -0.4 is 15.4 Å². The van der Waals surface area contributed by atoms with E-state index in [9.17, 15) is 4.79 Å². The van der Waals surface area contributed by atoms with Gasteiger partial charge in [0, 0.05) is 5.69 Å². The van der Waals surface area contributed by atoms with Crippen LogP contribution in [0.25, 0.3) is 0 Å². The quantitative estimate of drug-likeness (QED) is 0.840. The number of carbonyl (C=O) groups excluding carboxylic acids is 1. The van der Waals surface area contributed by atoms with Gasteiger partial charge in [-0.25, -0.2) is 0 Å². The third-order valence-corrected chi connectivity index (χ3v) is 3.02. The maximum Gasteiger partial charge on any atom is 0.279 e. The summed E-state index contributed by atoms with van der Waals surface area (Å²) in [6.45, 7) is 2.34. The van der Waals surface area contributed by atoms with Crippen LogP contribution in [-0.4, -0.2) is 19.6 Å². The Morgan fingerprint density at radius 3 is 2.70 bits per heavy atom. The van der Waals surface area contributed by atoms with Crippen molar-refractivity contribution in [1.82, 2.24) is 0 Å². The lowest BCUT2D eigenvalue weighted by atomic mass is 10.2. The van der Waals surface area contributed by atoms with Crippen molar-refractivity contribution in [3.63, 3.8) is 0 Å². The number of hydrogen-bond acceptors (Lipinski definition) is 3. The molecule has 3 N–H and O–H groups in total. The summed E-state index contributed by atoms with van der Waals surface area (Å²) >= 11 is 0. The molecule has 5 nitrogen and oxygen atoms in total. The zero-order valence-corrected chi connectivity index (χ0v) is 11.6.